The topological polar surface area (TPSA) is 6.48 Å². The van der Waals surface area contributed by atoms with Gasteiger partial charge in [0.05, 0.1) is 0 Å². The molecule has 1 saturated carbocycles. The van der Waals surface area contributed by atoms with Gasteiger partial charge in [-0.25, -0.2) is 0 Å². The standard InChI is InChI=1S/C80H62N2/c1-3-23-53(24-4-1)59-47-61(51-63(49-59)81-73-39-19-7-27-55(73)43-44-56-28-8-20-40-74(56)81)77-65-31-11-15-35-69(65)79(70-36-16-12-32-66(70)77)80-71-37-17-13-33-67(71)78(68-34-14-18-38-72(68)80)62-48-60(54-25-5-2-6-26-54)50-64(52-62)82-75-41-21-9-29-57(75)45-46-58-30-10-22-42-76(58)82/h1,3-4,7-24,27-42,47-52,54H,2,5-6,25-26,43-46H2. The summed E-state index contributed by atoms with van der Waals surface area (Å²) in [6.45, 7) is 0. The third kappa shape index (κ3) is 8.14. The summed E-state index contributed by atoms with van der Waals surface area (Å²) in [7, 11) is 0. The summed E-state index contributed by atoms with van der Waals surface area (Å²) >= 11 is 0. The Morgan fingerprint density at radius 3 is 0.963 bits per heavy atom. The molecule has 1 fully saturated rings. The molecule has 0 amide bonds. The van der Waals surface area contributed by atoms with Gasteiger partial charge < -0.3 is 9.80 Å². The Kier molecular flexibility index (Phi) is 12.0. The van der Waals surface area contributed by atoms with Crippen LogP contribution in [0.3, 0.4) is 0 Å². The highest BCUT2D eigenvalue weighted by Crippen LogP contribution is 2.53. The van der Waals surface area contributed by atoms with Crippen LogP contribution in [0.5, 0.6) is 0 Å². The molecular weight excluding hydrogens is 989 g/mol. The van der Waals surface area contributed by atoms with Crippen LogP contribution in [0.15, 0.2) is 261 Å². The van der Waals surface area contributed by atoms with E-state index in [1.165, 1.54) is 176 Å². The Morgan fingerprint density at radius 1 is 0.244 bits per heavy atom. The fourth-order valence-electron chi connectivity index (χ4n) is 14.8. The van der Waals surface area contributed by atoms with Crippen LogP contribution in [0.1, 0.15) is 65.8 Å². The van der Waals surface area contributed by atoms with Crippen molar-refractivity contribution in [3.05, 3.63) is 289 Å². The SMILES string of the molecule is c1ccc(-c2cc(-c3c4ccccc4c(-c4c5ccccc5c(-c5cc(C6CCCCC6)cc(N6c7ccccc7CCc7ccccc76)c5)c5ccccc45)c4ccccc34)cc(N3c4ccccc4CCc4ccccc43)c2)cc1. The van der Waals surface area contributed by atoms with Gasteiger partial charge in [-0.3, -0.25) is 0 Å². The Hall–Kier alpha value is -9.50. The molecule has 0 spiro atoms. The molecule has 392 valence electrons. The summed E-state index contributed by atoms with van der Waals surface area (Å²) in [4.78, 5) is 5.13. The molecule has 13 aromatic carbocycles. The first-order valence-corrected chi connectivity index (χ1v) is 29.9. The van der Waals surface area contributed by atoms with E-state index in [1.807, 2.05) is 0 Å². The van der Waals surface area contributed by atoms with Crippen LogP contribution in [0.2, 0.25) is 0 Å². The Labute approximate surface area is 481 Å². The predicted molar refractivity (Wildman–Crippen MR) is 348 cm³/mol. The quantitative estimate of drug-likeness (QED) is 0.147. The maximum absolute atomic E-state index is 2.59. The molecule has 2 nitrogen and oxygen atoms in total. The zero-order valence-corrected chi connectivity index (χ0v) is 46.2. The molecule has 0 radical (unpaired) electrons. The van der Waals surface area contributed by atoms with Gasteiger partial charge in [-0.05, 0) is 214 Å². The maximum Gasteiger partial charge on any atom is 0.0493 e. The zero-order chi connectivity index (χ0) is 54.1. The van der Waals surface area contributed by atoms with E-state index >= 15 is 0 Å². The van der Waals surface area contributed by atoms with E-state index < -0.39 is 0 Å². The molecule has 2 heteroatoms. The van der Waals surface area contributed by atoms with E-state index in [1.54, 1.807) is 0 Å². The van der Waals surface area contributed by atoms with Crippen molar-refractivity contribution in [3.63, 3.8) is 0 Å². The molecule has 2 heterocycles. The fraction of sp³-hybridized carbons (Fsp3) is 0.125. The Bertz CT molecular complexity index is 4430. The number of aryl methyl sites for hydroxylation is 4. The molecule has 2 aliphatic heterocycles. The number of para-hydroxylation sites is 4. The van der Waals surface area contributed by atoms with Gasteiger partial charge in [0.1, 0.15) is 0 Å². The van der Waals surface area contributed by atoms with E-state index in [4.69, 9.17) is 0 Å². The zero-order valence-electron chi connectivity index (χ0n) is 46.2. The maximum atomic E-state index is 2.59. The minimum absolute atomic E-state index is 0.512. The van der Waals surface area contributed by atoms with Crippen molar-refractivity contribution in [2.24, 2.45) is 0 Å². The van der Waals surface area contributed by atoms with E-state index in [2.05, 4.69) is 271 Å². The van der Waals surface area contributed by atoms with Crippen LogP contribution in [0, 0.1) is 0 Å². The predicted octanol–water partition coefficient (Wildman–Crippen LogP) is 22.2. The summed E-state index contributed by atoms with van der Waals surface area (Å²) in [5.41, 5.74) is 24.4. The molecule has 0 N–H and O–H groups in total. The second-order valence-electron chi connectivity index (χ2n) is 23.2. The van der Waals surface area contributed by atoms with Crippen LogP contribution in [-0.2, 0) is 25.7 Å². The first-order chi connectivity index (χ1) is 40.7. The number of benzene rings is 13. The minimum atomic E-state index is 0.512. The normalized spacial score (nSPS) is 14.3. The number of hydrogen-bond acceptors (Lipinski definition) is 2. The third-order valence-electron chi connectivity index (χ3n) is 18.5. The Morgan fingerprint density at radius 2 is 0.561 bits per heavy atom. The molecule has 0 aromatic heterocycles. The number of anilines is 6. The second kappa shape index (κ2) is 20.2. The van der Waals surface area contributed by atoms with Crippen LogP contribution in [0.4, 0.5) is 34.1 Å². The van der Waals surface area contributed by atoms with E-state index in [0.717, 1.165) is 31.4 Å². The molecule has 13 aromatic rings. The highest BCUT2D eigenvalue weighted by molar-refractivity contribution is 6.30. The van der Waals surface area contributed by atoms with Crippen molar-refractivity contribution >= 4 is 77.2 Å². The number of rotatable bonds is 7. The number of nitrogens with zero attached hydrogens (tertiary/aromatic N) is 2. The van der Waals surface area contributed by atoms with Gasteiger partial charge in [-0.1, -0.05) is 226 Å². The van der Waals surface area contributed by atoms with Crippen LogP contribution >= 0.6 is 0 Å². The summed E-state index contributed by atoms with van der Waals surface area (Å²) in [5, 5.41) is 10.0. The minimum Gasteiger partial charge on any atom is -0.310 e. The van der Waals surface area contributed by atoms with Crippen molar-refractivity contribution in [3.8, 4) is 44.5 Å². The first kappa shape index (κ1) is 48.4. The van der Waals surface area contributed by atoms with Gasteiger partial charge >= 0.3 is 0 Å². The van der Waals surface area contributed by atoms with Gasteiger partial charge in [-0.2, -0.15) is 0 Å². The summed E-state index contributed by atoms with van der Waals surface area (Å²) in [6.07, 6.45) is 10.4. The van der Waals surface area contributed by atoms with Crippen LogP contribution in [-0.4, -0.2) is 0 Å². The van der Waals surface area contributed by atoms with Crippen LogP contribution < -0.4 is 9.80 Å². The molecule has 0 saturated heterocycles. The van der Waals surface area contributed by atoms with Crippen molar-refractivity contribution in [2.75, 3.05) is 9.80 Å². The van der Waals surface area contributed by atoms with Gasteiger partial charge in [0, 0.05) is 34.1 Å². The molecule has 3 aliphatic rings. The van der Waals surface area contributed by atoms with Gasteiger partial charge in [-0.15, -0.1) is 0 Å². The molecular formula is C80H62N2. The van der Waals surface area contributed by atoms with Gasteiger partial charge in [0.25, 0.3) is 0 Å². The molecule has 1 aliphatic carbocycles. The summed E-state index contributed by atoms with van der Waals surface area (Å²) in [5.74, 6) is 0.512. The fourth-order valence-corrected chi connectivity index (χ4v) is 14.8. The second-order valence-corrected chi connectivity index (χ2v) is 23.2. The lowest BCUT2D eigenvalue weighted by Gasteiger charge is -2.30. The Balaban J connectivity index is 0.952. The number of fused-ring (bicyclic) bond motifs is 8. The number of hydrogen-bond donors (Lipinski definition) is 0. The lowest BCUT2D eigenvalue weighted by molar-refractivity contribution is 0.444. The summed E-state index contributed by atoms with van der Waals surface area (Å²) in [6, 6.07) is 99.4. The average molecular weight is 1050 g/mol. The van der Waals surface area contributed by atoms with E-state index in [-0.39, 0.29) is 0 Å². The molecule has 82 heavy (non-hydrogen) atoms. The molecule has 0 atom stereocenters. The summed E-state index contributed by atoms with van der Waals surface area (Å²) < 4.78 is 0. The highest BCUT2D eigenvalue weighted by Gasteiger charge is 2.29. The van der Waals surface area contributed by atoms with Crippen LogP contribution in [0.25, 0.3) is 87.6 Å². The van der Waals surface area contributed by atoms with Gasteiger partial charge in [0.15, 0.2) is 0 Å². The molecule has 16 rings (SSSR count). The van der Waals surface area contributed by atoms with E-state index in [9.17, 15) is 0 Å². The smallest absolute Gasteiger partial charge is 0.0493 e. The van der Waals surface area contributed by atoms with Crippen molar-refractivity contribution < 1.29 is 0 Å². The lowest BCUT2D eigenvalue weighted by atomic mass is 9.79. The monoisotopic (exact) mass is 1050 g/mol. The van der Waals surface area contributed by atoms with E-state index in [0.29, 0.717) is 5.92 Å². The van der Waals surface area contributed by atoms with Crippen molar-refractivity contribution in [1.29, 1.82) is 0 Å². The van der Waals surface area contributed by atoms with Crippen molar-refractivity contribution in [2.45, 2.75) is 63.7 Å². The average Bonchev–Trinajstić information content (AvgIpc) is 3.28. The van der Waals surface area contributed by atoms with Crippen molar-refractivity contribution in [1.82, 2.24) is 0 Å². The third-order valence-corrected chi connectivity index (χ3v) is 18.5. The largest absolute Gasteiger partial charge is 0.310 e. The molecule has 0 bridgehead atoms. The molecule has 0 unspecified atom stereocenters. The lowest BCUT2D eigenvalue weighted by Crippen LogP contribution is -2.13. The first-order valence-electron chi connectivity index (χ1n) is 29.9. The highest BCUT2D eigenvalue weighted by atomic mass is 15.2. The van der Waals surface area contributed by atoms with Gasteiger partial charge in [0.2, 0.25) is 0 Å².